The van der Waals surface area contributed by atoms with Gasteiger partial charge in [-0.2, -0.15) is 18.3 Å². The molecular weight excluding hydrogens is 339 g/mol. The van der Waals surface area contributed by atoms with Gasteiger partial charge in [0.25, 0.3) is 0 Å². The second kappa shape index (κ2) is 7.81. The lowest BCUT2D eigenvalue weighted by Crippen LogP contribution is -2.32. The molecule has 0 bridgehead atoms. The van der Waals surface area contributed by atoms with Gasteiger partial charge in [-0.3, -0.25) is 5.43 Å². The van der Waals surface area contributed by atoms with Gasteiger partial charge in [0.05, 0.1) is 17.5 Å². The number of benzene rings is 2. The van der Waals surface area contributed by atoms with Crippen molar-refractivity contribution in [1.29, 1.82) is 0 Å². The van der Waals surface area contributed by atoms with E-state index in [0.29, 0.717) is 5.69 Å². The van der Waals surface area contributed by atoms with E-state index in [4.69, 9.17) is 0 Å². The zero-order valence-electron chi connectivity index (χ0n) is 14.6. The summed E-state index contributed by atoms with van der Waals surface area (Å²) in [6, 6.07) is 12.9. The molecule has 1 aliphatic heterocycles. The third kappa shape index (κ3) is 4.77. The Morgan fingerprint density at radius 1 is 1.00 bits per heavy atom. The van der Waals surface area contributed by atoms with Gasteiger partial charge in [-0.25, -0.2) is 0 Å². The van der Waals surface area contributed by atoms with Crippen LogP contribution in [0.5, 0.6) is 0 Å². The van der Waals surface area contributed by atoms with E-state index < -0.39 is 11.7 Å². The number of nitrogens with one attached hydrogen (secondary N) is 1. The van der Waals surface area contributed by atoms with E-state index in [2.05, 4.69) is 34.5 Å². The smallest absolute Gasteiger partial charge is 0.372 e. The van der Waals surface area contributed by atoms with Crippen LogP contribution in [0.2, 0.25) is 0 Å². The van der Waals surface area contributed by atoms with E-state index in [1.807, 2.05) is 12.1 Å². The highest BCUT2D eigenvalue weighted by Gasteiger charge is 2.29. The van der Waals surface area contributed by atoms with Gasteiger partial charge in [-0.05, 0) is 60.7 Å². The van der Waals surface area contributed by atoms with Crippen molar-refractivity contribution >= 4 is 17.6 Å². The molecule has 0 spiro atoms. The fraction of sp³-hybridized carbons (Fsp3) is 0.350. The zero-order chi connectivity index (χ0) is 18.6. The third-order valence-electron chi connectivity index (χ3n) is 4.66. The summed E-state index contributed by atoms with van der Waals surface area (Å²) in [4.78, 5) is 2.39. The molecule has 0 aliphatic carbocycles. The van der Waals surface area contributed by atoms with E-state index in [1.54, 1.807) is 6.21 Å². The van der Waals surface area contributed by atoms with Gasteiger partial charge in [-0.15, -0.1) is 0 Å². The van der Waals surface area contributed by atoms with Crippen LogP contribution in [-0.2, 0) is 6.18 Å². The van der Waals surface area contributed by atoms with Crippen molar-refractivity contribution in [3.8, 4) is 0 Å². The fourth-order valence-corrected chi connectivity index (χ4v) is 2.95. The molecule has 1 fully saturated rings. The van der Waals surface area contributed by atoms with Crippen LogP contribution in [0.4, 0.5) is 24.5 Å². The number of piperidine rings is 1. The molecule has 3 nitrogen and oxygen atoms in total. The van der Waals surface area contributed by atoms with Crippen molar-refractivity contribution in [2.45, 2.75) is 25.9 Å². The molecule has 0 aromatic heterocycles. The SMILES string of the molecule is CC1CCN(c2ccc(C=NNc3ccc(C(F)(F)F)cc3)cc2)CC1. The molecule has 3 rings (SSSR count). The highest BCUT2D eigenvalue weighted by atomic mass is 19.4. The van der Waals surface area contributed by atoms with Crippen molar-refractivity contribution in [1.82, 2.24) is 0 Å². The van der Waals surface area contributed by atoms with E-state index in [0.717, 1.165) is 36.7 Å². The molecule has 0 unspecified atom stereocenters. The fourth-order valence-electron chi connectivity index (χ4n) is 2.95. The number of hydrogen-bond acceptors (Lipinski definition) is 3. The summed E-state index contributed by atoms with van der Waals surface area (Å²) in [7, 11) is 0. The minimum Gasteiger partial charge on any atom is -0.372 e. The van der Waals surface area contributed by atoms with E-state index >= 15 is 0 Å². The average Bonchev–Trinajstić information content (AvgIpc) is 2.63. The first-order valence-corrected chi connectivity index (χ1v) is 8.73. The predicted molar refractivity (Wildman–Crippen MR) is 99.7 cm³/mol. The van der Waals surface area contributed by atoms with Crippen LogP contribution in [0.3, 0.4) is 0 Å². The van der Waals surface area contributed by atoms with E-state index in [-0.39, 0.29) is 0 Å². The number of nitrogens with zero attached hydrogens (tertiary/aromatic N) is 2. The molecule has 1 heterocycles. The van der Waals surface area contributed by atoms with Crippen LogP contribution < -0.4 is 10.3 Å². The first-order chi connectivity index (χ1) is 12.4. The van der Waals surface area contributed by atoms with Gasteiger partial charge in [0.15, 0.2) is 0 Å². The highest BCUT2D eigenvalue weighted by molar-refractivity contribution is 5.81. The maximum absolute atomic E-state index is 12.5. The van der Waals surface area contributed by atoms with Crippen molar-refractivity contribution in [2.24, 2.45) is 11.0 Å². The predicted octanol–water partition coefficient (Wildman–Crippen LogP) is 5.39. The van der Waals surface area contributed by atoms with Gasteiger partial charge in [-0.1, -0.05) is 19.1 Å². The van der Waals surface area contributed by atoms with Crippen LogP contribution in [-0.4, -0.2) is 19.3 Å². The minimum absolute atomic E-state index is 0.508. The standard InChI is InChI=1S/C20H22F3N3/c1-15-10-12-26(13-11-15)19-8-2-16(3-9-19)14-24-25-18-6-4-17(5-7-18)20(21,22)23/h2-9,14-15,25H,10-13H2,1H3. The molecule has 138 valence electrons. The summed E-state index contributed by atoms with van der Waals surface area (Å²) in [5, 5.41) is 4.09. The Balaban J connectivity index is 1.55. The van der Waals surface area contributed by atoms with E-state index in [9.17, 15) is 13.2 Å². The summed E-state index contributed by atoms with van der Waals surface area (Å²) in [6.07, 6.45) is -0.226. The molecule has 2 aromatic rings. The summed E-state index contributed by atoms with van der Waals surface area (Å²) in [6.45, 7) is 4.47. The molecule has 0 amide bonds. The first kappa shape index (κ1) is 18.3. The Kier molecular flexibility index (Phi) is 5.49. The number of anilines is 2. The van der Waals surface area contributed by atoms with Gasteiger partial charge in [0.2, 0.25) is 0 Å². The first-order valence-electron chi connectivity index (χ1n) is 8.73. The minimum atomic E-state index is -4.32. The molecule has 0 saturated carbocycles. The monoisotopic (exact) mass is 361 g/mol. The quantitative estimate of drug-likeness (QED) is 0.584. The molecule has 0 atom stereocenters. The molecule has 1 N–H and O–H groups in total. The van der Waals surface area contributed by atoms with E-state index in [1.165, 1.54) is 30.7 Å². The Labute approximate surface area is 151 Å². The Morgan fingerprint density at radius 3 is 2.19 bits per heavy atom. The lowest BCUT2D eigenvalue weighted by atomic mass is 9.99. The van der Waals surface area contributed by atoms with Crippen molar-refractivity contribution < 1.29 is 13.2 Å². The third-order valence-corrected chi connectivity index (χ3v) is 4.66. The second-order valence-corrected chi connectivity index (χ2v) is 6.71. The Hall–Kier alpha value is -2.50. The average molecular weight is 361 g/mol. The number of hydrazone groups is 1. The van der Waals surface area contributed by atoms with Crippen molar-refractivity contribution in [3.05, 3.63) is 59.7 Å². The lowest BCUT2D eigenvalue weighted by molar-refractivity contribution is -0.137. The summed E-state index contributed by atoms with van der Waals surface area (Å²) in [5.41, 5.74) is 4.72. The van der Waals surface area contributed by atoms with Gasteiger partial charge in [0, 0.05) is 18.8 Å². The number of alkyl halides is 3. The number of rotatable bonds is 4. The summed E-state index contributed by atoms with van der Waals surface area (Å²) >= 11 is 0. The largest absolute Gasteiger partial charge is 0.416 e. The van der Waals surface area contributed by atoms with Gasteiger partial charge < -0.3 is 4.90 Å². The maximum atomic E-state index is 12.5. The molecule has 26 heavy (non-hydrogen) atoms. The topological polar surface area (TPSA) is 27.6 Å². The number of hydrogen-bond donors (Lipinski definition) is 1. The highest BCUT2D eigenvalue weighted by Crippen LogP contribution is 2.29. The van der Waals surface area contributed by atoms with Crippen LogP contribution in [0.1, 0.15) is 30.9 Å². The molecule has 0 radical (unpaired) electrons. The Bertz CT molecular complexity index is 728. The summed E-state index contributed by atoms with van der Waals surface area (Å²) < 4.78 is 37.6. The maximum Gasteiger partial charge on any atom is 0.416 e. The molecule has 6 heteroatoms. The Morgan fingerprint density at radius 2 is 1.62 bits per heavy atom. The molecule has 1 aliphatic rings. The molecule has 2 aromatic carbocycles. The molecular formula is C20H22F3N3. The number of halogens is 3. The van der Waals surface area contributed by atoms with Crippen LogP contribution in [0, 0.1) is 5.92 Å². The van der Waals surface area contributed by atoms with Crippen molar-refractivity contribution in [2.75, 3.05) is 23.4 Å². The second-order valence-electron chi connectivity index (χ2n) is 6.71. The van der Waals surface area contributed by atoms with Crippen LogP contribution in [0.15, 0.2) is 53.6 Å². The summed E-state index contributed by atoms with van der Waals surface area (Å²) in [5.74, 6) is 0.800. The lowest BCUT2D eigenvalue weighted by Gasteiger charge is -2.32. The van der Waals surface area contributed by atoms with Gasteiger partial charge in [0.1, 0.15) is 0 Å². The van der Waals surface area contributed by atoms with Gasteiger partial charge >= 0.3 is 6.18 Å². The molecule has 1 saturated heterocycles. The van der Waals surface area contributed by atoms with Crippen molar-refractivity contribution in [3.63, 3.8) is 0 Å². The zero-order valence-corrected chi connectivity index (χ0v) is 14.6. The van der Waals surface area contributed by atoms with Crippen LogP contribution >= 0.6 is 0 Å². The normalized spacial score (nSPS) is 16.2. The van der Waals surface area contributed by atoms with Crippen LogP contribution in [0.25, 0.3) is 0 Å².